The van der Waals surface area contributed by atoms with Crippen molar-refractivity contribution in [2.45, 2.75) is 31.2 Å². The molecule has 0 amide bonds. The van der Waals surface area contributed by atoms with E-state index >= 15 is 0 Å². The maximum Gasteiger partial charge on any atom is 0.240 e. The number of piperidine rings is 1. The fourth-order valence-corrected chi connectivity index (χ4v) is 4.35. The Hall–Kier alpha value is -2.12. The second kappa shape index (κ2) is 8.27. The van der Waals surface area contributed by atoms with E-state index in [4.69, 9.17) is 4.74 Å². The topological polar surface area (TPSA) is 58.6 Å². The van der Waals surface area contributed by atoms with E-state index in [0.717, 1.165) is 30.4 Å². The van der Waals surface area contributed by atoms with Crippen LogP contribution >= 0.6 is 0 Å². The Labute approximate surface area is 160 Å². The molecule has 2 aromatic rings. The maximum absolute atomic E-state index is 13.8. The molecule has 27 heavy (non-hydrogen) atoms. The van der Waals surface area contributed by atoms with Gasteiger partial charge >= 0.3 is 0 Å². The lowest BCUT2D eigenvalue weighted by Gasteiger charge is -2.32. The molecule has 1 atom stereocenters. The zero-order valence-electron chi connectivity index (χ0n) is 15.6. The van der Waals surface area contributed by atoms with Crippen LogP contribution in [0.3, 0.4) is 0 Å². The standard InChI is InChI=1S/C20H25FN2O3S/c1-15-4-3-11-23(14-15)17-7-5-16(6-8-17)13-22-27(24,25)18-9-10-20(26-2)19(21)12-18/h5-10,12,15,22H,3-4,11,13-14H2,1-2H3/t15-/m0/s1. The Morgan fingerprint density at radius 2 is 1.96 bits per heavy atom. The van der Waals surface area contributed by atoms with Crippen molar-refractivity contribution in [3.63, 3.8) is 0 Å². The van der Waals surface area contributed by atoms with Gasteiger partial charge in [-0.3, -0.25) is 0 Å². The highest BCUT2D eigenvalue weighted by atomic mass is 32.2. The number of sulfonamides is 1. The number of methoxy groups -OCH3 is 1. The van der Waals surface area contributed by atoms with Crippen molar-refractivity contribution in [2.75, 3.05) is 25.1 Å². The van der Waals surface area contributed by atoms with E-state index in [1.54, 1.807) is 0 Å². The minimum absolute atomic E-state index is 0.0107. The monoisotopic (exact) mass is 392 g/mol. The Morgan fingerprint density at radius 1 is 1.22 bits per heavy atom. The summed E-state index contributed by atoms with van der Waals surface area (Å²) in [6.45, 7) is 4.51. The average Bonchev–Trinajstić information content (AvgIpc) is 2.67. The molecule has 0 aliphatic carbocycles. The van der Waals surface area contributed by atoms with Gasteiger partial charge in [0, 0.05) is 25.3 Å². The highest BCUT2D eigenvalue weighted by molar-refractivity contribution is 7.89. The number of hydrogen-bond donors (Lipinski definition) is 1. The molecule has 3 rings (SSSR count). The average molecular weight is 392 g/mol. The molecule has 0 saturated carbocycles. The van der Waals surface area contributed by atoms with Crippen molar-refractivity contribution in [3.05, 3.63) is 53.8 Å². The second-order valence-electron chi connectivity index (χ2n) is 6.98. The van der Waals surface area contributed by atoms with Crippen LogP contribution in [0.25, 0.3) is 0 Å². The fourth-order valence-electron chi connectivity index (χ4n) is 3.32. The van der Waals surface area contributed by atoms with Crippen LogP contribution in [0, 0.1) is 11.7 Å². The lowest BCUT2D eigenvalue weighted by Crippen LogP contribution is -2.34. The third kappa shape index (κ3) is 4.78. The second-order valence-corrected chi connectivity index (χ2v) is 8.75. The van der Waals surface area contributed by atoms with Gasteiger partial charge in [0.1, 0.15) is 0 Å². The molecule has 146 valence electrons. The van der Waals surface area contributed by atoms with Crippen LogP contribution in [0.2, 0.25) is 0 Å². The zero-order valence-corrected chi connectivity index (χ0v) is 16.4. The van der Waals surface area contributed by atoms with Crippen LogP contribution in [0.4, 0.5) is 10.1 Å². The summed E-state index contributed by atoms with van der Waals surface area (Å²) in [5.74, 6) is -0.00724. The highest BCUT2D eigenvalue weighted by Gasteiger charge is 2.18. The number of benzene rings is 2. The predicted molar refractivity (Wildman–Crippen MR) is 104 cm³/mol. The van der Waals surface area contributed by atoms with Gasteiger partial charge in [0.2, 0.25) is 10.0 Å². The number of rotatable bonds is 6. The third-order valence-electron chi connectivity index (χ3n) is 4.86. The van der Waals surface area contributed by atoms with E-state index in [1.807, 2.05) is 24.3 Å². The molecule has 7 heteroatoms. The summed E-state index contributed by atoms with van der Waals surface area (Å²) in [6, 6.07) is 11.5. The lowest BCUT2D eigenvalue weighted by molar-refractivity contribution is 0.385. The molecule has 1 fully saturated rings. The van der Waals surface area contributed by atoms with Crippen LogP contribution in [0.1, 0.15) is 25.3 Å². The first-order valence-electron chi connectivity index (χ1n) is 9.06. The Morgan fingerprint density at radius 3 is 2.59 bits per heavy atom. The van der Waals surface area contributed by atoms with Crippen LogP contribution in [-0.4, -0.2) is 28.6 Å². The molecule has 1 N–H and O–H groups in total. The molecular formula is C20H25FN2O3S. The fraction of sp³-hybridized carbons (Fsp3) is 0.400. The van der Waals surface area contributed by atoms with Gasteiger partial charge in [-0.15, -0.1) is 0 Å². The summed E-state index contributed by atoms with van der Waals surface area (Å²) < 4.78 is 45.9. The summed E-state index contributed by atoms with van der Waals surface area (Å²) >= 11 is 0. The van der Waals surface area contributed by atoms with E-state index in [0.29, 0.717) is 5.92 Å². The van der Waals surface area contributed by atoms with Crippen molar-refractivity contribution >= 4 is 15.7 Å². The molecule has 0 spiro atoms. The number of halogens is 1. The van der Waals surface area contributed by atoms with Gasteiger partial charge in [-0.2, -0.15) is 0 Å². The first-order chi connectivity index (χ1) is 12.9. The molecule has 0 bridgehead atoms. The van der Waals surface area contributed by atoms with Crippen LogP contribution in [0.5, 0.6) is 5.75 Å². The van der Waals surface area contributed by atoms with Gasteiger partial charge < -0.3 is 9.64 Å². The van der Waals surface area contributed by atoms with Gasteiger partial charge in [-0.05, 0) is 54.7 Å². The summed E-state index contributed by atoms with van der Waals surface area (Å²) in [5, 5.41) is 0. The van der Waals surface area contributed by atoms with E-state index in [9.17, 15) is 12.8 Å². The first-order valence-corrected chi connectivity index (χ1v) is 10.5. The van der Waals surface area contributed by atoms with Crippen molar-refractivity contribution in [2.24, 2.45) is 5.92 Å². The molecule has 0 radical (unpaired) electrons. The quantitative estimate of drug-likeness (QED) is 0.817. The van der Waals surface area contributed by atoms with Gasteiger partial charge in [0.15, 0.2) is 11.6 Å². The maximum atomic E-state index is 13.8. The van der Waals surface area contributed by atoms with E-state index < -0.39 is 15.8 Å². The largest absolute Gasteiger partial charge is 0.494 e. The Kier molecular flexibility index (Phi) is 6.01. The molecule has 1 aliphatic heterocycles. The van der Waals surface area contributed by atoms with Crippen LogP contribution in [0.15, 0.2) is 47.4 Å². The van der Waals surface area contributed by atoms with Crippen LogP contribution < -0.4 is 14.4 Å². The zero-order chi connectivity index (χ0) is 19.4. The van der Waals surface area contributed by atoms with Gasteiger partial charge in [0.25, 0.3) is 0 Å². The van der Waals surface area contributed by atoms with E-state index in [-0.39, 0.29) is 17.2 Å². The third-order valence-corrected chi connectivity index (χ3v) is 6.26. The molecule has 5 nitrogen and oxygen atoms in total. The predicted octanol–water partition coefficient (Wildman–Crippen LogP) is 3.55. The van der Waals surface area contributed by atoms with E-state index in [1.165, 1.54) is 32.1 Å². The summed E-state index contributed by atoms with van der Waals surface area (Å²) in [5.41, 5.74) is 2.01. The number of anilines is 1. The van der Waals surface area contributed by atoms with Crippen molar-refractivity contribution < 1.29 is 17.5 Å². The molecule has 1 saturated heterocycles. The number of hydrogen-bond acceptors (Lipinski definition) is 4. The number of nitrogens with zero attached hydrogens (tertiary/aromatic N) is 1. The molecular weight excluding hydrogens is 367 g/mol. The highest BCUT2D eigenvalue weighted by Crippen LogP contribution is 2.24. The van der Waals surface area contributed by atoms with Gasteiger partial charge in [-0.1, -0.05) is 19.1 Å². The summed E-state index contributed by atoms with van der Waals surface area (Å²) in [4.78, 5) is 2.24. The van der Waals surface area contributed by atoms with Crippen LogP contribution in [-0.2, 0) is 16.6 Å². The molecule has 1 heterocycles. The first kappa shape index (κ1) is 19.6. The van der Waals surface area contributed by atoms with E-state index in [2.05, 4.69) is 16.5 Å². The summed E-state index contributed by atoms with van der Waals surface area (Å²) in [7, 11) is -2.47. The Balaban J connectivity index is 1.64. The minimum Gasteiger partial charge on any atom is -0.494 e. The van der Waals surface area contributed by atoms with Crippen molar-refractivity contribution in [1.82, 2.24) is 4.72 Å². The summed E-state index contributed by atoms with van der Waals surface area (Å²) in [6.07, 6.45) is 2.46. The minimum atomic E-state index is -3.80. The SMILES string of the molecule is COc1ccc(S(=O)(=O)NCc2ccc(N3CCC[C@H](C)C3)cc2)cc1F. The normalized spacial score (nSPS) is 17.7. The molecule has 0 aromatic heterocycles. The lowest BCUT2D eigenvalue weighted by atomic mass is 9.99. The molecule has 2 aromatic carbocycles. The van der Waals surface area contributed by atoms with Crippen molar-refractivity contribution in [3.8, 4) is 5.75 Å². The van der Waals surface area contributed by atoms with Gasteiger partial charge in [0.05, 0.1) is 12.0 Å². The Bertz CT molecular complexity index is 885. The number of ether oxygens (including phenoxy) is 1. The molecule has 1 aliphatic rings. The molecule has 0 unspecified atom stereocenters. The number of nitrogens with one attached hydrogen (secondary N) is 1. The van der Waals surface area contributed by atoms with Crippen molar-refractivity contribution in [1.29, 1.82) is 0 Å². The smallest absolute Gasteiger partial charge is 0.240 e. The van der Waals surface area contributed by atoms with Gasteiger partial charge in [-0.25, -0.2) is 17.5 Å².